The number of methoxy groups -OCH3 is 1. The van der Waals surface area contributed by atoms with E-state index in [0.29, 0.717) is 45.3 Å². The van der Waals surface area contributed by atoms with E-state index in [1.807, 2.05) is 49.9 Å². The summed E-state index contributed by atoms with van der Waals surface area (Å²) < 4.78 is 10.6. The molecule has 152 valence electrons. The number of nitrogens with two attached hydrogens (primary N) is 1. The first-order chi connectivity index (χ1) is 12.3. The monoisotopic (exact) mass is 490 g/mol. The number of amides is 1. The van der Waals surface area contributed by atoms with E-state index in [-0.39, 0.29) is 30.1 Å². The molecule has 0 unspecified atom stereocenters. The lowest BCUT2D eigenvalue weighted by atomic mass is 10.1. The molecule has 1 aliphatic heterocycles. The van der Waals surface area contributed by atoms with Crippen LogP contribution < -0.4 is 5.73 Å². The SMILES string of the molecule is COCc1ccccc1CN=C(N)N1CCN(C(=O)OC(C)(C)C)CC1.I. The molecule has 1 aliphatic rings. The van der Waals surface area contributed by atoms with Crippen molar-refractivity contribution in [3.05, 3.63) is 35.4 Å². The summed E-state index contributed by atoms with van der Waals surface area (Å²) in [5.74, 6) is 0.501. The summed E-state index contributed by atoms with van der Waals surface area (Å²) >= 11 is 0. The molecule has 0 bridgehead atoms. The maximum absolute atomic E-state index is 12.1. The van der Waals surface area contributed by atoms with Crippen molar-refractivity contribution in [2.24, 2.45) is 10.7 Å². The molecule has 0 spiro atoms. The fourth-order valence-corrected chi connectivity index (χ4v) is 2.72. The summed E-state index contributed by atoms with van der Waals surface area (Å²) in [5.41, 5.74) is 7.89. The Balaban J connectivity index is 0.00000364. The highest BCUT2D eigenvalue weighted by Gasteiger charge is 2.26. The van der Waals surface area contributed by atoms with Gasteiger partial charge in [0.2, 0.25) is 0 Å². The summed E-state index contributed by atoms with van der Waals surface area (Å²) in [7, 11) is 1.68. The van der Waals surface area contributed by atoms with Crippen molar-refractivity contribution in [2.45, 2.75) is 39.5 Å². The molecule has 2 N–H and O–H groups in total. The third kappa shape index (κ3) is 7.53. The van der Waals surface area contributed by atoms with Crippen LogP contribution in [0.2, 0.25) is 0 Å². The van der Waals surface area contributed by atoms with Crippen LogP contribution >= 0.6 is 24.0 Å². The zero-order chi connectivity index (χ0) is 19.2. The molecule has 8 heteroatoms. The lowest BCUT2D eigenvalue weighted by molar-refractivity contribution is 0.0186. The predicted molar refractivity (Wildman–Crippen MR) is 117 cm³/mol. The normalized spacial score (nSPS) is 15.3. The smallest absolute Gasteiger partial charge is 0.410 e. The van der Waals surface area contributed by atoms with Crippen LogP contribution in [-0.4, -0.2) is 60.7 Å². The molecule has 27 heavy (non-hydrogen) atoms. The number of benzene rings is 1. The van der Waals surface area contributed by atoms with E-state index in [1.54, 1.807) is 12.0 Å². The van der Waals surface area contributed by atoms with E-state index >= 15 is 0 Å². The standard InChI is InChI=1S/C19H30N4O3.HI/c1-19(2,3)26-18(24)23-11-9-22(10-12-23)17(20)21-13-15-7-5-6-8-16(15)14-25-4;/h5-8H,9-14H2,1-4H3,(H2,20,21);1H. The van der Waals surface area contributed by atoms with Crippen molar-refractivity contribution in [1.29, 1.82) is 0 Å². The Kier molecular flexibility index (Phi) is 9.31. The molecule has 0 radical (unpaired) electrons. The van der Waals surface area contributed by atoms with Crippen LogP contribution in [0.5, 0.6) is 0 Å². The highest BCUT2D eigenvalue weighted by Crippen LogP contribution is 2.13. The number of ether oxygens (including phenoxy) is 2. The molecule has 7 nitrogen and oxygen atoms in total. The van der Waals surface area contributed by atoms with Crippen LogP contribution in [0.3, 0.4) is 0 Å². The first-order valence-electron chi connectivity index (χ1n) is 8.88. The van der Waals surface area contributed by atoms with Gasteiger partial charge in [0, 0.05) is 33.3 Å². The zero-order valence-electron chi connectivity index (χ0n) is 16.6. The van der Waals surface area contributed by atoms with E-state index < -0.39 is 5.60 Å². The third-order valence-corrected chi connectivity index (χ3v) is 4.08. The Labute approximate surface area is 178 Å². The molecular weight excluding hydrogens is 459 g/mol. The number of carbonyl (C=O) groups excluding carboxylic acids is 1. The van der Waals surface area contributed by atoms with E-state index in [2.05, 4.69) is 4.99 Å². The lowest BCUT2D eigenvalue weighted by Crippen LogP contribution is -2.53. The second-order valence-electron chi connectivity index (χ2n) is 7.33. The van der Waals surface area contributed by atoms with Crippen molar-refractivity contribution in [1.82, 2.24) is 9.80 Å². The molecule has 1 heterocycles. The van der Waals surface area contributed by atoms with Crippen molar-refractivity contribution in [3.63, 3.8) is 0 Å². The molecule has 0 atom stereocenters. The van der Waals surface area contributed by atoms with Gasteiger partial charge >= 0.3 is 6.09 Å². The van der Waals surface area contributed by atoms with Gasteiger partial charge in [0.25, 0.3) is 0 Å². The largest absolute Gasteiger partial charge is 0.444 e. The van der Waals surface area contributed by atoms with Gasteiger partial charge in [-0.25, -0.2) is 9.79 Å². The van der Waals surface area contributed by atoms with E-state index in [0.717, 1.165) is 11.1 Å². The van der Waals surface area contributed by atoms with Gasteiger partial charge in [-0.15, -0.1) is 24.0 Å². The minimum Gasteiger partial charge on any atom is -0.444 e. The predicted octanol–water partition coefficient (Wildman–Crippen LogP) is 2.82. The first-order valence-corrected chi connectivity index (χ1v) is 8.88. The number of aliphatic imine (C=N–C) groups is 1. The molecule has 0 aromatic heterocycles. The maximum Gasteiger partial charge on any atom is 0.410 e. The van der Waals surface area contributed by atoms with Crippen LogP contribution in [0.15, 0.2) is 29.3 Å². The molecule has 0 aliphatic carbocycles. The second kappa shape index (κ2) is 10.7. The van der Waals surface area contributed by atoms with Gasteiger partial charge < -0.3 is 25.0 Å². The van der Waals surface area contributed by atoms with Crippen LogP contribution in [-0.2, 0) is 22.6 Å². The maximum atomic E-state index is 12.1. The minimum atomic E-state index is -0.482. The molecule has 1 saturated heterocycles. The number of hydrogen-bond acceptors (Lipinski definition) is 4. The minimum absolute atomic E-state index is 0. The van der Waals surface area contributed by atoms with Gasteiger partial charge in [-0.3, -0.25) is 0 Å². The zero-order valence-corrected chi connectivity index (χ0v) is 18.9. The molecule has 0 saturated carbocycles. The Morgan fingerprint density at radius 2 is 1.67 bits per heavy atom. The quantitative estimate of drug-likeness (QED) is 0.399. The van der Waals surface area contributed by atoms with Gasteiger partial charge in [-0.05, 0) is 31.9 Å². The van der Waals surface area contributed by atoms with E-state index in [9.17, 15) is 4.79 Å². The van der Waals surface area contributed by atoms with E-state index in [1.165, 1.54) is 0 Å². The van der Waals surface area contributed by atoms with E-state index in [4.69, 9.17) is 15.2 Å². The second-order valence-corrected chi connectivity index (χ2v) is 7.33. The van der Waals surface area contributed by atoms with Crippen LogP contribution in [0.25, 0.3) is 0 Å². The number of halogens is 1. The molecule has 1 aromatic rings. The van der Waals surface area contributed by atoms with Gasteiger partial charge in [0.15, 0.2) is 5.96 Å². The van der Waals surface area contributed by atoms with Crippen molar-refractivity contribution >= 4 is 36.0 Å². The van der Waals surface area contributed by atoms with Crippen molar-refractivity contribution in [2.75, 3.05) is 33.3 Å². The van der Waals surface area contributed by atoms with Gasteiger partial charge in [0.05, 0.1) is 13.2 Å². The topological polar surface area (TPSA) is 80.4 Å². The number of guanidine groups is 1. The number of carbonyl (C=O) groups is 1. The van der Waals surface area contributed by atoms with Gasteiger partial charge in [0.1, 0.15) is 5.60 Å². The molecule has 1 aromatic carbocycles. The van der Waals surface area contributed by atoms with Crippen LogP contribution in [0.1, 0.15) is 31.9 Å². The highest BCUT2D eigenvalue weighted by molar-refractivity contribution is 14.0. The average molecular weight is 490 g/mol. The Bertz CT molecular complexity index is 638. The summed E-state index contributed by atoms with van der Waals surface area (Å²) in [6.07, 6.45) is -0.277. The number of rotatable bonds is 4. The van der Waals surface area contributed by atoms with Gasteiger partial charge in [-0.1, -0.05) is 24.3 Å². The Hall–Kier alpha value is -1.55. The van der Waals surface area contributed by atoms with Crippen molar-refractivity contribution < 1.29 is 14.3 Å². The van der Waals surface area contributed by atoms with Crippen molar-refractivity contribution in [3.8, 4) is 0 Å². The summed E-state index contributed by atoms with van der Waals surface area (Å²) in [6, 6.07) is 8.04. The van der Waals surface area contributed by atoms with Crippen LogP contribution in [0.4, 0.5) is 4.79 Å². The Morgan fingerprint density at radius 1 is 1.11 bits per heavy atom. The summed E-state index contributed by atoms with van der Waals surface area (Å²) in [6.45, 7) is 9.12. The summed E-state index contributed by atoms with van der Waals surface area (Å²) in [5, 5.41) is 0. The third-order valence-electron chi connectivity index (χ3n) is 4.08. The van der Waals surface area contributed by atoms with Gasteiger partial charge in [-0.2, -0.15) is 0 Å². The Morgan fingerprint density at radius 3 is 2.22 bits per heavy atom. The molecule has 1 fully saturated rings. The average Bonchev–Trinajstić information content (AvgIpc) is 2.59. The first kappa shape index (κ1) is 23.5. The lowest BCUT2D eigenvalue weighted by Gasteiger charge is -2.36. The van der Waals surface area contributed by atoms with Crippen LogP contribution in [0, 0.1) is 0 Å². The fraction of sp³-hybridized carbons (Fsp3) is 0.579. The summed E-state index contributed by atoms with van der Waals surface area (Å²) in [4.78, 5) is 20.3. The molecule has 1 amide bonds. The molecule has 2 rings (SSSR count). The molecular formula is C19H31IN4O3. The number of nitrogens with zero attached hydrogens (tertiary/aromatic N) is 3. The highest BCUT2D eigenvalue weighted by atomic mass is 127. The number of hydrogen-bond donors (Lipinski definition) is 1. The number of piperazine rings is 1. The fourth-order valence-electron chi connectivity index (χ4n) is 2.72.